The van der Waals surface area contributed by atoms with Crippen LogP contribution in [0.5, 0.6) is 0 Å². The molecule has 1 aliphatic rings. The fourth-order valence-electron chi connectivity index (χ4n) is 5.65. The van der Waals surface area contributed by atoms with Crippen molar-refractivity contribution in [1.29, 1.82) is 0 Å². The summed E-state index contributed by atoms with van der Waals surface area (Å²) in [5.74, 6) is -1.05. The molecule has 0 radical (unpaired) electrons. The number of likely N-dealkylation sites (tertiary alicyclic amines) is 1. The maximum Gasteiger partial charge on any atom is 0.250 e. The lowest BCUT2D eigenvalue weighted by molar-refractivity contribution is -0.139. The van der Waals surface area contributed by atoms with Crippen molar-refractivity contribution in [2.24, 2.45) is 5.73 Å². The summed E-state index contributed by atoms with van der Waals surface area (Å²) in [7, 11) is 0. The average Bonchev–Trinajstić information content (AvgIpc) is 3.45. The molecule has 0 aliphatic carbocycles. The Bertz CT molecular complexity index is 1880. The van der Waals surface area contributed by atoms with Crippen molar-refractivity contribution in [2.75, 3.05) is 11.9 Å². The Hall–Kier alpha value is -5.13. The predicted octanol–water partition coefficient (Wildman–Crippen LogP) is 3.82. The molecule has 220 valence electrons. The quantitative estimate of drug-likeness (QED) is 0.312. The minimum absolute atomic E-state index is 0.0910. The van der Waals surface area contributed by atoms with E-state index in [1.165, 1.54) is 4.90 Å². The molecule has 1 unspecified atom stereocenters. The van der Waals surface area contributed by atoms with E-state index in [0.29, 0.717) is 16.7 Å². The van der Waals surface area contributed by atoms with E-state index < -0.39 is 24.0 Å². The summed E-state index contributed by atoms with van der Waals surface area (Å²) in [5.41, 5.74) is 10.5. The van der Waals surface area contributed by atoms with Gasteiger partial charge >= 0.3 is 0 Å². The van der Waals surface area contributed by atoms with Crippen LogP contribution in [0, 0.1) is 13.8 Å². The Morgan fingerprint density at radius 2 is 1.86 bits per heavy atom. The van der Waals surface area contributed by atoms with Crippen LogP contribution < -0.4 is 11.1 Å². The maximum absolute atomic E-state index is 14.4. The van der Waals surface area contributed by atoms with Gasteiger partial charge in [-0.1, -0.05) is 12.1 Å². The van der Waals surface area contributed by atoms with Crippen molar-refractivity contribution >= 4 is 40.1 Å². The third-order valence-corrected chi connectivity index (χ3v) is 7.80. The van der Waals surface area contributed by atoms with Gasteiger partial charge in [0.1, 0.15) is 24.6 Å². The highest BCUT2D eigenvalue weighted by atomic mass is 19.1. The monoisotopic (exact) mass is 582 g/mol. The number of fused-ring (bicyclic) bond motifs is 2. The van der Waals surface area contributed by atoms with Gasteiger partial charge in [0.05, 0.1) is 11.3 Å². The van der Waals surface area contributed by atoms with Crippen LogP contribution in [-0.4, -0.2) is 65.5 Å². The Kier molecular flexibility index (Phi) is 7.34. The number of halogens is 1. The van der Waals surface area contributed by atoms with Gasteiger partial charge in [-0.3, -0.25) is 14.4 Å². The van der Waals surface area contributed by atoms with Crippen molar-refractivity contribution < 1.29 is 18.8 Å². The molecule has 43 heavy (non-hydrogen) atoms. The fourth-order valence-corrected chi connectivity index (χ4v) is 5.65. The molecule has 1 fully saturated rings. The van der Waals surface area contributed by atoms with Crippen LogP contribution in [-0.2, 0) is 16.1 Å². The number of anilines is 1. The normalized spacial score (nSPS) is 17.2. The molecular weight excluding hydrogens is 551 g/mol. The van der Waals surface area contributed by atoms with E-state index in [2.05, 4.69) is 20.4 Å². The molecule has 1 aromatic carbocycles. The van der Waals surface area contributed by atoms with Crippen molar-refractivity contribution in [3.05, 3.63) is 78.0 Å². The van der Waals surface area contributed by atoms with Crippen molar-refractivity contribution in [3.63, 3.8) is 0 Å². The van der Waals surface area contributed by atoms with Gasteiger partial charge in [0.2, 0.25) is 11.8 Å². The number of carbonyl (C=O) groups excluding carboxylic acids is 3. The zero-order valence-corrected chi connectivity index (χ0v) is 23.8. The molecule has 0 spiro atoms. The van der Waals surface area contributed by atoms with Crippen LogP contribution >= 0.6 is 0 Å². The molecule has 3 amide bonds. The predicted molar refractivity (Wildman–Crippen MR) is 159 cm³/mol. The smallest absolute Gasteiger partial charge is 0.250 e. The summed E-state index contributed by atoms with van der Waals surface area (Å²) < 4.78 is 17.8. The summed E-state index contributed by atoms with van der Waals surface area (Å²) in [6.45, 7) is 3.63. The zero-order chi connectivity index (χ0) is 30.2. The minimum Gasteiger partial charge on any atom is -0.366 e. The molecule has 0 bridgehead atoms. The van der Waals surface area contributed by atoms with Crippen LogP contribution in [0.4, 0.5) is 10.2 Å². The highest BCUT2D eigenvalue weighted by Gasteiger charge is 2.34. The van der Waals surface area contributed by atoms with Crippen LogP contribution in [0.25, 0.3) is 27.7 Å². The number of aryl methyl sites for hydroxylation is 2. The Morgan fingerprint density at radius 1 is 1.02 bits per heavy atom. The third-order valence-electron chi connectivity index (χ3n) is 7.80. The van der Waals surface area contributed by atoms with Crippen molar-refractivity contribution in [1.82, 2.24) is 29.0 Å². The molecule has 3 N–H and O–H groups in total. The molecule has 6 rings (SSSR count). The molecule has 12 heteroatoms. The number of aromatic nitrogens is 5. The summed E-state index contributed by atoms with van der Waals surface area (Å²) in [6, 6.07) is 11.8. The van der Waals surface area contributed by atoms with Crippen molar-refractivity contribution in [2.45, 2.75) is 51.9 Å². The number of primary amides is 1. The van der Waals surface area contributed by atoms with E-state index >= 15 is 0 Å². The van der Waals surface area contributed by atoms with E-state index in [4.69, 9.17) is 5.73 Å². The van der Waals surface area contributed by atoms with E-state index in [-0.39, 0.29) is 43.8 Å². The molecule has 1 aliphatic heterocycles. The van der Waals surface area contributed by atoms with Gasteiger partial charge in [0, 0.05) is 53.4 Å². The first-order chi connectivity index (χ1) is 20.7. The molecule has 0 saturated carbocycles. The topological polar surface area (TPSA) is 141 Å². The van der Waals surface area contributed by atoms with Crippen LogP contribution in [0.1, 0.15) is 41.0 Å². The van der Waals surface area contributed by atoms with Crippen LogP contribution in [0.15, 0.2) is 61.1 Å². The number of alkyl halides is 1. The molecule has 2 atom stereocenters. The first-order valence-electron chi connectivity index (χ1n) is 14.1. The second kappa shape index (κ2) is 11.3. The SMILES string of the molecule is Cc1cccc(NC(=O)[C@@H]2CCC(F)CCN2C(=O)Cn2cc(C(N)=O)c3cc(-c4cnc5cc(C)nn5c4)ccc32)n1. The lowest BCUT2D eigenvalue weighted by Gasteiger charge is -2.29. The van der Waals surface area contributed by atoms with E-state index in [1.54, 1.807) is 33.6 Å². The first kappa shape index (κ1) is 28.0. The number of benzene rings is 1. The number of hydrogen-bond acceptors (Lipinski definition) is 6. The van der Waals surface area contributed by atoms with Gasteiger partial charge in [-0.2, -0.15) is 5.10 Å². The van der Waals surface area contributed by atoms with E-state index in [1.807, 2.05) is 50.4 Å². The molecule has 1 saturated heterocycles. The van der Waals surface area contributed by atoms with Crippen molar-refractivity contribution in [3.8, 4) is 11.1 Å². The third kappa shape index (κ3) is 5.68. The summed E-state index contributed by atoms with van der Waals surface area (Å²) in [5, 5.41) is 7.78. The van der Waals surface area contributed by atoms with Gasteiger partial charge in [0.15, 0.2) is 5.65 Å². The maximum atomic E-state index is 14.4. The number of pyridine rings is 1. The number of rotatable bonds is 6. The standard InChI is InChI=1S/C31H31FN8O3/c1-18-4-3-5-27(35-18)36-31(43)26-9-7-22(32)10-11-39(26)29(41)17-38-16-24(30(33)42)23-13-20(6-8-25(23)38)21-14-34-28-12-19(2)37-40(28)15-21/h3-6,8,12-16,22,26H,7,9-11,17H2,1-2H3,(H2,33,42)(H,35,36,43)/t22?,26-/m0/s1. The number of nitrogens with zero attached hydrogens (tertiary/aromatic N) is 6. The first-order valence-corrected chi connectivity index (χ1v) is 14.1. The van der Waals surface area contributed by atoms with Crippen LogP contribution in [0.3, 0.4) is 0 Å². The largest absolute Gasteiger partial charge is 0.366 e. The second-order valence-electron chi connectivity index (χ2n) is 10.9. The Labute approximate surface area is 246 Å². The average molecular weight is 583 g/mol. The molecule has 4 aromatic heterocycles. The highest BCUT2D eigenvalue weighted by molar-refractivity contribution is 6.07. The summed E-state index contributed by atoms with van der Waals surface area (Å²) in [6.07, 6.45) is 4.51. The lowest BCUT2D eigenvalue weighted by Crippen LogP contribution is -2.48. The summed E-state index contributed by atoms with van der Waals surface area (Å²) >= 11 is 0. The summed E-state index contributed by atoms with van der Waals surface area (Å²) in [4.78, 5) is 49.7. The highest BCUT2D eigenvalue weighted by Crippen LogP contribution is 2.29. The van der Waals surface area contributed by atoms with Gasteiger partial charge in [-0.15, -0.1) is 0 Å². The molecular formula is C31H31FN8O3. The van der Waals surface area contributed by atoms with Gasteiger partial charge in [-0.05, 0) is 62.9 Å². The lowest BCUT2D eigenvalue weighted by atomic mass is 10.0. The minimum atomic E-state index is -1.11. The Morgan fingerprint density at radius 3 is 2.65 bits per heavy atom. The number of amides is 3. The van der Waals surface area contributed by atoms with Gasteiger partial charge < -0.3 is 20.5 Å². The van der Waals surface area contributed by atoms with E-state index in [0.717, 1.165) is 28.2 Å². The molecule has 5 aromatic rings. The zero-order valence-electron chi connectivity index (χ0n) is 23.8. The van der Waals surface area contributed by atoms with Crippen LogP contribution in [0.2, 0.25) is 0 Å². The number of carbonyl (C=O) groups is 3. The van der Waals surface area contributed by atoms with Gasteiger partial charge in [0.25, 0.3) is 5.91 Å². The Balaban J connectivity index is 1.30. The number of nitrogens with two attached hydrogens (primary N) is 1. The number of hydrogen-bond donors (Lipinski definition) is 2. The molecule has 11 nitrogen and oxygen atoms in total. The molecule has 5 heterocycles. The number of nitrogens with one attached hydrogen (secondary N) is 1. The van der Waals surface area contributed by atoms with E-state index in [9.17, 15) is 18.8 Å². The van der Waals surface area contributed by atoms with Gasteiger partial charge in [-0.25, -0.2) is 18.9 Å². The fraction of sp³-hybridized carbons (Fsp3) is 0.290. The second-order valence-corrected chi connectivity index (χ2v) is 10.9.